The van der Waals surface area contributed by atoms with Crippen LogP contribution in [0.3, 0.4) is 0 Å². The molecule has 130 valence electrons. The molecule has 0 aliphatic carbocycles. The van der Waals surface area contributed by atoms with Crippen molar-refractivity contribution < 1.29 is 0 Å². The first-order valence-corrected chi connectivity index (χ1v) is 8.36. The van der Waals surface area contributed by atoms with E-state index in [0.717, 1.165) is 28.7 Å². The lowest BCUT2D eigenvalue weighted by molar-refractivity contribution is 0.481. The van der Waals surface area contributed by atoms with E-state index in [-0.39, 0.29) is 0 Å². The van der Waals surface area contributed by atoms with Gasteiger partial charge in [0.05, 0.1) is 5.69 Å². The van der Waals surface area contributed by atoms with Crippen LogP contribution in [0.1, 0.15) is 37.7 Å². The maximum absolute atomic E-state index is 4.52. The summed E-state index contributed by atoms with van der Waals surface area (Å²) in [6, 6.07) is 6.46. The van der Waals surface area contributed by atoms with Gasteiger partial charge in [-0.25, -0.2) is 9.67 Å². The van der Waals surface area contributed by atoms with Gasteiger partial charge in [-0.2, -0.15) is 5.10 Å². The smallest absolute Gasteiger partial charge is 0.191 e. The zero-order chi connectivity index (χ0) is 17.7. The summed E-state index contributed by atoms with van der Waals surface area (Å²) >= 11 is 0. The van der Waals surface area contributed by atoms with Crippen molar-refractivity contribution in [3.63, 3.8) is 0 Å². The van der Waals surface area contributed by atoms with E-state index in [9.17, 15) is 0 Å². The lowest BCUT2D eigenvalue weighted by Crippen LogP contribution is -2.43. The third-order valence-corrected chi connectivity index (χ3v) is 4.08. The molecule has 0 spiro atoms. The SMILES string of the molecule is CN=C(NCc1ccc(-n2nc(C)cc2C)nc1)NC(C)C(C)C. The van der Waals surface area contributed by atoms with Crippen molar-refractivity contribution in [2.45, 2.75) is 47.2 Å². The van der Waals surface area contributed by atoms with Crippen molar-refractivity contribution in [3.8, 4) is 5.82 Å². The second kappa shape index (κ2) is 7.95. The lowest BCUT2D eigenvalue weighted by atomic mass is 10.1. The standard InChI is InChI=1S/C18H28N6/c1-12(2)15(5)22-18(19-6)21-11-16-7-8-17(20-10-16)24-14(4)9-13(3)23-24/h7-10,12,15H,11H2,1-6H3,(H2,19,21,22). The third kappa shape index (κ3) is 4.57. The van der Waals surface area contributed by atoms with Crippen LogP contribution < -0.4 is 10.6 Å². The van der Waals surface area contributed by atoms with E-state index < -0.39 is 0 Å². The molecule has 0 bridgehead atoms. The van der Waals surface area contributed by atoms with Crippen LogP contribution in [0.5, 0.6) is 0 Å². The van der Waals surface area contributed by atoms with E-state index in [1.807, 2.05) is 36.9 Å². The monoisotopic (exact) mass is 328 g/mol. The molecule has 1 unspecified atom stereocenters. The molecular formula is C18H28N6. The third-order valence-electron chi connectivity index (χ3n) is 4.08. The van der Waals surface area contributed by atoms with Crippen LogP contribution in [0.25, 0.3) is 5.82 Å². The summed E-state index contributed by atoms with van der Waals surface area (Å²) in [4.78, 5) is 8.78. The minimum absolute atomic E-state index is 0.364. The highest BCUT2D eigenvalue weighted by atomic mass is 15.3. The van der Waals surface area contributed by atoms with Crippen molar-refractivity contribution in [2.24, 2.45) is 10.9 Å². The zero-order valence-electron chi connectivity index (χ0n) is 15.5. The number of hydrogen-bond donors (Lipinski definition) is 2. The second-order valence-electron chi connectivity index (χ2n) is 6.47. The van der Waals surface area contributed by atoms with Crippen molar-refractivity contribution in [1.82, 2.24) is 25.4 Å². The van der Waals surface area contributed by atoms with Gasteiger partial charge in [0.1, 0.15) is 0 Å². The van der Waals surface area contributed by atoms with Gasteiger partial charge in [0.25, 0.3) is 0 Å². The number of aliphatic imine (C=N–C) groups is 1. The minimum atomic E-state index is 0.364. The second-order valence-corrected chi connectivity index (χ2v) is 6.47. The summed E-state index contributed by atoms with van der Waals surface area (Å²) in [6.07, 6.45) is 1.87. The molecule has 0 aliphatic heterocycles. The molecule has 2 aromatic rings. The Kier molecular flexibility index (Phi) is 5.95. The molecule has 2 heterocycles. The molecule has 2 aromatic heterocycles. The van der Waals surface area contributed by atoms with Gasteiger partial charge in [0, 0.05) is 31.5 Å². The van der Waals surface area contributed by atoms with Gasteiger partial charge in [-0.15, -0.1) is 0 Å². The first-order chi connectivity index (χ1) is 11.4. The van der Waals surface area contributed by atoms with Crippen LogP contribution >= 0.6 is 0 Å². The van der Waals surface area contributed by atoms with Crippen LogP contribution in [-0.4, -0.2) is 33.8 Å². The molecule has 6 nitrogen and oxygen atoms in total. The Hall–Kier alpha value is -2.37. The Labute approximate surface area is 144 Å². The Morgan fingerprint density at radius 2 is 2.00 bits per heavy atom. The van der Waals surface area contributed by atoms with Crippen LogP contribution in [0.4, 0.5) is 0 Å². The summed E-state index contributed by atoms with van der Waals surface area (Å²) in [5.41, 5.74) is 3.17. The van der Waals surface area contributed by atoms with Crippen LogP contribution in [0, 0.1) is 19.8 Å². The molecule has 2 N–H and O–H groups in total. The fourth-order valence-corrected chi connectivity index (χ4v) is 2.27. The molecule has 0 amide bonds. The first kappa shape index (κ1) is 18.0. The van der Waals surface area contributed by atoms with Gasteiger partial charge in [0.15, 0.2) is 11.8 Å². The van der Waals surface area contributed by atoms with Gasteiger partial charge in [-0.3, -0.25) is 4.99 Å². The Balaban J connectivity index is 1.98. The van der Waals surface area contributed by atoms with E-state index >= 15 is 0 Å². The molecule has 1 atom stereocenters. The Bertz CT molecular complexity index is 684. The van der Waals surface area contributed by atoms with Gasteiger partial charge >= 0.3 is 0 Å². The number of pyridine rings is 1. The van der Waals surface area contributed by atoms with Gasteiger partial charge in [-0.05, 0) is 44.4 Å². The highest BCUT2D eigenvalue weighted by Crippen LogP contribution is 2.10. The summed E-state index contributed by atoms with van der Waals surface area (Å²) in [5, 5.41) is 11.2. The number of rotatable bonds is 5. The number of guanidine groups is 1. The molecule has 0 aromatic carbocycles. The molecule has 0 fully saturated rings. The maximum atomic E-state index is 4.52. The largest absolute Gasteiger partial charge is 0.354 e. The Morgan fingerprint density at radius 1 is 1.25 bits per heavy atom. The first-order valence-electron chi connectivity index (χ1n) is 8.36. The molecule has 6 heteroatoms. The van der Waals surface area contributed by atoms with Gasteiger partial charge in [0.2, 0.25) is 0 Å². The summed E-state index contributed by atoms with van der Waals surface area (Å²) in [5.74, 6) is 2.18. The number of hydrogen-bond acceptors (Lipinski definition) is 3. The highest BCUT2D eigenvalue weighted by Gasteiger charge is 2.09. The van der Waals surface area contributed by atoms with E-state index in [4.69, 9.17) is 0 Å². The van der Waals surface area contributed by atoms with Crippen LogP contribution in [0.2, 0.25) is 0 Å². The van der Waals surface area contributed by atoms with E-state index in [2.05, 4.69) is 52.5 Å². The van der Waals surface area contributed by atoms with Crippen molar-refractivity contribution >= 4 is 5.96 Å². The summed E-state index contributed by atoms with van der Waals surface area (Å²) < 4.78 is 1.86. The normalized spacial score (nSPS) is 13.2. The molecule has 0 saturated carbocycles. The predicted octanol–water partition coefficient (Wildman–Crippen LogP) is 2.59. The average molecular weight is 328 g/mol. The Morgan fingerprint density at radius 3 is 2.50 bits per heavy atom. The van der Waals surface area contributed by atoms with E-state index in [0.29, 0.717) is 18.5 Å². The summed E-state index contributed by atoms with van der Waals surface area (Å²) in [6.45, 7) is 11.2. The van der Waals surface area contributed by atoms with Gasteiger partial charge < -0.3 is 10.6 Å². The van der Waals surface area contributed by atoms with Gasteiger partial charge in [-0.1, -0.05) is 19.9 Å². The molecule has 0 radical (unpaired) electrons. The number of aryl methyl sites for hydroxylation is 2. The topological polar surface area (TPSA) is 67.1 Å². The summed E-state index contributed by atoms with van der Waals surface area (Å²) in [7, 11) is 1.78. The van der Waals surface area contributed by atoms with Crippen molar-refractivity contribution in [2.75, 3.05) is 7.05 Å². The fraction of sp³-hybridized carbons (Fsp3) is 0.500. The van der Waals surface area contributed by atoms with Crippen LogP contribution in [0.15, 0.2) is 29.4 Å². The highest BCUT2D eigenvalue weighted by molar-refractivity contribution is 5.79. The lowest BCUT2D eigenvalue weighted by Gasteiger charge is -2.20. The molecule has 24 heavy (non-hydrogen) atoms. The molecular weight excluding hydrogens is 300 g/mol. The van der Waals surface area contributed by atoms with E-state index in [1.165, 1.54) is 0 Å². The minimum Gasteiger partial charge on any atom is -0.354 e. The molecule has 2 rings (SSSR count). The fourth-order valence-electron chi connectivity index (χ4n) is 2.27. The zero-order valence-corrected chi connectivity index (χ0v) is 15.5. The van der Waals surface area contributed by atoms with Crippen molar-refractivity contribution in [1.29, 1.82) is 0 Å². The number of aromatic nitrogens is 3. The van der Waals surface area contributed by atoms with E-state index in [1.54, 1.807) is 7.05 Å². The number of nitrogens with zero attached hydrogens (tertiary/aromatic N) is 4. The predicted molar refractivity (Wildman–Crippen MR) is 98.5 cm³/mol. The average Bonchev–Trinajstić information content (AvgIpc) is 2.90. The molecule has 0 saturated heterocycles. The maximum Gasteiger partial charge on any atom is 0.191 e. The molecule has 0 aliphatic rings. The quantitative estimate of drug-likeness (QED) is 0.654. The van der Waals surface area contributed by atoms with Crippen LogP contribution in [-0.2, 0) is 6.54 Å². The number of nitrogens with one attached hydrogen (secondary N) is 2. The van der Waals surface area contributed by atoms with Crippen molar-refractivity contribution in [3.05, 3.63) is 41.3 Å².